The van der Waals surface area contributed by atoms with Gasteiger partial charge in [0.25, 0.3) is 5.91 Å². The van der Waals surface area contributed by atoms with Crippen molar-refractivity contribution >= 4 is 36.4 Å². The van der Waals surface area contributed by atoms with Gasteiger partial charge in [0, 0.05) is 67.6 Å². The topological polar surface area (TPSA) is 53.4 Å². The predicted octanol–water partition coefficient (Wildman–Crippen LogP) is 6.43. The summed E-state index contributed by atoms with van der Waals surface area (Å²) in [5, 5.41) is 0. The van der Waals surface area contributed by atoms with Crippen LogP contribution in [0.2, 0.25) is 0 Å². The number of aromatic nitrogens is 2. The Labute approximate surface area is 243 Å². The van der Waals surface area contributed by atoms with Gasteiger partial charge in [0.2, 0.25) is 0 Å². The molecule has 5 rings (SSSR count). The number of halogens is 5. The summed E-state index contributed by atoms with van der Waals surface area (Å²) in [6.45, 7) is 5.33. The van der Waals surface area contributed by atoms with Crippen LogP contribution in [0.5, 0.6) is 0 Å². The molecule has 1 amide bonds. The van der Waals surface area contributed by atoms with Crippen LogP contribution in [0.1, 0.15) is 27.2 Å². The first kappa shape index (κ1) is 31.0. The van der Waals surface area contributed by atoms with Crippen molar-refractivity contribution < 1.29 is 18.0 Å². The van der Waals surface area contributed by atoms with Crippen LogP contribution in [-0.4, -0.2) is 46.6 Å². The smallest absolute Gasteiger partial charge is 0.369 e. The number of anilines is 1. The van der Waals surface area contributed by atoms with Gasteiger partial charge in [-0.3, -0.25) is 24.8 Å². The molecular weight excluding hydrogens is 562 g/mol. The number of nitrogens with zero attached hydrogens (tertiary/aromatic N) is 4. The van der Waals surface area contributed by atoms with Crippen LogP contribution in [0.3, 0.4) is 0 Å². The maximum atomic E-state index is 13.2. The standard InChI is InChI=1S/C29H28F3N5O.2ClH/c1-21-24(20-35-14-16-36(17-15-35)26-9-5-8-25(19-26)29(30,31)32)18-27(22-6-3-2-4-7-22)37(21)34-28(38)23-10-12-33-13-11-23;;/h2-13,18-19H,14-17,20H2,1H3,(H,34,38);2*1H. The Morgan fingerprint density at radius 3 is 2.23 bits per heavy atom. The number of piperazine rings is 1. The summed E-state index contributed by atoms with van der Waals surface area (Å²) in [6, 6.07) is 20.8. The van der Waals surface area contributed by atoms with E-state index in [4.69, 9.17) is 0 Å². The van der Waals surface area contributed by atoms with Gasteiger partial charge in [-0.1, -0.05) is 36.4 Å². The zero-order valence-corrected chi connectivity index (χ0v) is 23.4. The van der Waals surface area contributed by atoms with E-state index in [0.29, 0.717) is 44.0 Å². The zero-order chi connectivity index (χ0) is 26.7. The van der Waals surface area contributed by atoms with Crippen LogP contribution in [-0.2, 0) is 12.7 Å². The molecule has 3 heterocycles. The average Bonchev–Trinajstić information content (AvgIpc) is 3.24. The fourth-order valence-electron chi connectivity index (χ4n) is 4.74. The Bertz CT molecular complexity index is 1410. The quantitative estimate of drug-likeness (QED) is 0.281. The maximum Gasteiger partial charge on any atom is 0.416 e. The molecule has 0 atom stereocenters. The largest absolute Gasteiger partial charge is 0.416 e. The van der Waals surface area contributed by atoms with E-state index in [9.17, 15) is 18.0 Å². The number of hydrogen-bond donors (Lipinski definition) is 1. The number of rotatable bonds is 6. The summed E-state index contributed by atoms with van der Waals surface area (Å²) >= 11 is 0. The molecular formula is C29H30Cl2F3N5O. The Balaban J connectivity index is 0.00000220. The second-order valence-electron chi connectivity index (χ2n) is 9.33. The van der Waals surface area contributed by atoms with E-state index >= 15 is 0 Å². The fraction of sp³-hybridized carbons (Fsp3) is 0.241. The summed E-state index contributed by atoms with van der Waals surface area (Å²) in [7, 11) is 0. The molecule has 0 unspecified atom stereocenters. The molecule has 40 heavy (non-hydrogen) atoms. The first-order chi connectivity index (χ1) is 18.3. The molecule has 1 saturated heterocycles. The Hall–Kier alpha value is -3.53. The highest BCUT2D eigenvalue weighted by atomic mass is 35.5. The number of alkyl halides is 3. The maximum absolute atomic E-state index is 13.2. The number of carbonyl (C=O) groups excluding carboxylic acids is 1. The summed E-state index contributed by atoms with van der Waals surface area (Å²) in [5.41, 5.74) is 7.36. The minimum absolute atomic E-state index is 0. The van der Waals surface area contributed by atoms with Crippen molar-refractivity contribution in [2.24, 2.45) is 0 Å². The van der Waals surface area contributed by atoms with Gasteiger partial charge in [0.15, 0.2) is 0 Å². The van der Waals surface area contributed by atoms with Crippen LogP contribution in [0.15, 0.2) is 85.2 Å². The molecule has 0 spiro atoms. The lowest BCUT2D eigenvalue weighted by molar-refractivity contribution is -0.137. The number of benzene rings is 2. The number of pyridine rings is 1. The van der Waals surface area contributed by atoms with Gasteiger partial charge < -0.3 is 4.90 Å². The highest BCUT2D eigenvalue weighted by Gasteiger charge is 2.31. The molecule has 0 aliphatic carbocycles. The molecule has 212 valence electrons. The van der Waals surface area contributed by atoms with Crippen LogP contribution in [0, 0.1) is 6.92 Å². The third-order valence-corrected chi connectivity index (χ3v) is 6.88. The highest BCUT2D eigenvalue weighted by molar-refractivity contribution is 6.00. The molecule has 1 N–H and O–H groups in total. The van der Waals surface area contributed by atoms with Gasteiger partial charge in [-0.2, -0.15) is 13.2 Å². The molecule has 0 saturated carbocycles. The van der Waals surface area contributed by atoms with E-state index in [1.54, 1.807) is 30.6 Å². The lowest BCUT2D eigenvalue weighted by Crippen LogP contribution is -2.46. The molecule has 6 nitrogen and oxygen atoms in total. The number of hydrogen-bond acceptors (Lipinski definition) is 4. The SMILES string of the molecule is Cc1c(CN2CCN(c3cccc(C(F)(F)F)c3)CC2)cc(-c2ccccc2)n1NC(=O)c1ccncc1.Cl.Cl. The van der Waals surface area contributed by atoms with E-state index in [2.05, 4.69) is 21.4 Å². The summed E-state index contributed by atoms with van der Waals surface area (Å²) in [4.78, 5) is 21.2. The Morgan fingerprint density at radius 1 is 0.900 bits per heavy atom. The molecule has 1 fully saturated rings. The summed E-state index contributed by atoms with van der Waals surface area (Å²) < 4.78 is 41.3. The molecule has 4 aromatic rings. The highest BCUT2D eigenvalue weighted by Crippen LogP contribution is 2.32. The lowest BCUT2D eigenvalue weighted by Gasteiger charge is -2.36. The van der Waals surface area contributed by atoms with Crippen molar-refractivity contribution in [3.8, 4) is 11.3 Å². The summed E-state index contributed by atoms with van der Waals surface area (Å²) in [6.07, 6.45) is -1.19. The third kappa shape index (κ3) is 6.96. The monoisotopic (exact) mass is 591 g/mol. The Morgan fingerprint density at radius 2 is 1.57 bits per heavy atom. The first-order valence-electron chi connectivity index (χ1n) is 12.4. The van der Waals surface area contributed by atoms with E-state index in [0.717, 1.165) is 28.6 Å². The van der Waals surface area contributed by atoms with Crippen LogP contribution >= 0.6 is 24.8 Å². The van der Waals surface area contributed by atoms with Crippen molar-refractivity contribution in [3.05, 3.63) is 108 Å². The summed E-state index contributed by atoms with van der Waals surface area (Å²) in [5.74, 6) is -0.232. The molecule has 0 bridgehead atoms. The normalized spacial score (nSPS) is 13.8. The van der Waals surface area contributed by atoms with Gasteiger partial charge >= 0.3 is 6.18 Å². The van der Waals surface area contributed by atoms with E-state index < -0.39 is 11.7 Å². The molecule has 1 aliphatic rings. The lowest BCUT2D eigenvalue weighted by atomic mass is 10.1. The van der Waals surface area contributed by atoms with E-state index in [1.165, 1.54) is 12.1 Å². The van der Waals surface area contributed by atoms with Crippen LogP contribution in [0.4, 0.5) is 18.9 Å². The predicted molar refractivity (Wildman–Crippen MR) is 156 cm³/mol. The van der Waals surface area contributed by atoms with Gasteiger partial charge in [-0.15, -0.1) is 24.8 Å². The minimum Gasteiger partial charge on any atom is -0.369 e. The van der Waals surface area contributed by atoms with Gasteiger partial charge in [0.05, 0.1) is 11.3 Å². The van der Waals surface area contributed by atoms with Gasteiger partial charge in [-0.05, 0) is 48.9 Å². The van der Waals surface area contributed by atoms with E-state index in [-0.39, 0.29) is 30.7 Å². The zero-order valence-electron chi connectivity index (χ0n) is 21.8. The van der Waals surface area contributed by atoms with Crippen molar-refractivity contribution in [1.29, 1.82) is 0 Å². The number of amides is 1. The second kappa shape index (κ2) is 13.2. The molecule has 2 aromatic carbocycles. The number of carbonyl (C=O) groups is 1. The molecule has 1 aliphatic heterocycles. The Kier molecular flexibility index (Phi) is 10.2. The van der Waals surface area contributed by atoms with Crippen molar-refractivity contribution in [1.82, 2.24) is 14.6 Å². The van der Waals surface area contributed by atoms with Gasteiger partial charge in [-0.25, -0.2) is 0 Å². The molecule has 11 heteroatoms. The van der Waals surface area contributed by atoms with Crippen LogP contribution in [0.25, 0.3) is 11.3 Å². The molecule has 0 radical (unpaired) electrons. The van der Waals surface area contributed by atoms with Gasteiger partial charge in [0.1, 0.15) is 0 Å². The minimum atomic E-state index is -4.36. The second-order valence-corrected chi connectivity index (χ2v) is 9.33. The van der Waals surface area contributed by atoms with Crippen LogP contribution < -0.4 is 10.3 Å². The average molecular weight is 592 g/mol. The first-order valence-corrected chi connectivity index (χ1v) is 12.4. The third-order valence-electron chi connectivity index (χ3n) is 6.88. The van der Waals surface area contributed by atoms with Crippen molar-refractivity contribution in [2.75, 3.05) is 36.5 Å². The molecule has 2 aromatic heterocycles. The van der Waals surface area contributed by atoms with E-state index in [1.807, 2.05) is 46.8 Å². The fourth-order valence-corrected chi connectivity index (χ4v) is 4.74. The number of nitrogens with one attached hydrogen (secondary N) is 1. The van der Waals surface area contributed by atoms with Crippen molar-refractivity contribution in [2.45, 2.75) is 19.6 Å². The van der Waals surface area contributed by atoms with Crippen molar-refractivity contribution in [3.63, 3.8) is 0 Å².